The average molecular weight is 436 g/mol. The number of nitro benzene ring substituents is 1. The molecule has 1 aliphatic heterocycles. The lowest BCUT2D eigenvalue weighted by molar-refractivity contribution is -0.384. The van der Waals surface area contributed by atoms with Gasteiger partial charge in [0.2, 0.25) is 0 Å². The predicted octanol–water partition coefficient (Wildman–Crippen LogP) is 4.09. The van der Waals surface area contributed by atoms with Crippen LogP contribution in [-0.2, 0) is 19.1 Å². The van der Waals surface area contributed by atoms with Gasteiger partial charge in [0.1, 0.15) is 0 Å². The van der Waals surface area contributed by atoms with Crippen LogP contribution in [0, 0.1) is 10.1 Å². The second-order valence-electron chi connectivity index (χ2n) is 7.02. The minimum atomic E-state index is -0.825. The van der Waals surface area contributed by atoms with Gasteiger partial charge < -0.3 is 14.8 Å². The van der Waals surface area contributed by atoms with E-state index in [-0.39, 0.29) is 23.4 Å². The van der Waals surface area contributed by atoms with Crippen molar-refractivity contribution in [2.45, 2.75) is 26.2 Å². The first-order chi connectivity index (χ1) is 15.4. The number of non-ortho nitro benzene ring substituents is 1. The maximum absolute atomic E-state index is 13.2. The Balaban J connectivity index is 2.32. The summed E-state index contributed by atoms with van der Waals surface area (Å²) in [5.41, 5.74) is 2.84. The third kappa shape index (κ3) is 4.39. The Bertz CT molecular complexity index is 1090. The molecule has 0 saturated heterocycles. The molecular weight excluding hydrogens is 412 g/mol. The van der Waals surface area contributed by atoms with Gasteiger partial charge in [0.25, 0.3) is 5.69 Å². The highest BCUT2D eigenvalue weighted by Gasteiger charge is 2.39. The Morgan fingerprint density at radius 3 is 2.19 bits per heavy atom. The SMILES string of the molecule is CCOC(=O)C1=C(c2ccccc2)NC(CC)=C(C(=O)OC)C1c1ccc([N+](=O)[O-])cc1. The summed E-state index contributed by atoms with van der Waals surface area (Å²) in [6, 6.07) is 15.1. The molecule has 0 aliphatic carbocycles. The van der Waals surface area contributed by atoms with Crippen LogP contribution in [0.15, 0.2) is 71.4 Å². The molecule has 8 nitrogen and oxygen atoms in total. The van der Waals surface area contributed by atoms with Crippen LogP contribution >= 0.6 is 0 Å². The standard InChI is InChI=1S/C24H24N2O6/c1-4-18-20(23(27)31-3)19(15-11-13-17(14-12-15)26(29)30)21(24(28)32-5-2)22(25-18)16-9-7-6-8-10-16/h6-14,19,25H,4-5H2,1-3H3. The Morgan fingerprint density at radius 1 is 1.00 bits per heavy atom. The van der Waals surface area contributed by atoms with Gasteiger partial charge in [-0.25, -0.2) is 9.59 Å². The zero-order chi connectivity index (χ0) is 23.3. The number of nitrogens with one attached hydrogen (secondary N) is 1. The zero-order valence-electron chi connectivity index (χ0n) is 18.1. The Hall–Kier alpha value is -3.94. The molecule has 3 rings (SSSR count). The van der Waals surface area contributed by atoms with Crippen LogP contribution in [0.25, 0.3) is 5.70 Å². The molecule has 0 aromatic heterocycles. The second kappa shape index (κ2) is 9.91. The fraction of sp³-hybridized carbons (Fsp3) is 0.250. The number of hydrogen-bond acceptors (Lipinski definition) is 7. The lowest BCUT2D eigenvalue weighted by Gasteiger charge is -2.32. The number of ether oxygens (including phenoxy) is 2. The van der Waals surface area contributed by atoms with E-state index in [1.165, 1.54) is 19.2 Å². The van der Waals surface area contributed by atoms with Crippen molar-refractivity contribution in [1.29, 1.82) is 0 Å². The van der Waals surface area contributed by atoms with Gasteiger partial charge in [-0.15, -0.1) is 0 Å². The lowest BCUT2D eigenvalue weighted by Crippen LogP contribution is -2.33. The number of benzene rings is 2. The fourth-order valence-electron chi connectivity index (χ4n) is 3.76. The van der Waals surface area contributed by atoms with Gasteiger partial charge >= 0.3 is 11.9 Å². The van der Waals surface area contributed by atoms with Crippen LogP contribution in [0.4, 0.5) is 5.69 Å². The number of hydrogen-bond donors (Lipinski definition) is 1. The molecule has 0 amide bonds. The van der Waals surface area contributed by atoms with Crippen molar-refractivity contribution in [3.63, 3.8) is 0 Å². The van der Waals surface area contributed by atoms with E-state index in [9.17, 15) is 19.7 Å². The van der Waals surface area contributed by atoms with E-state index >= 15 is 0 Å². The molecule has 0 saturated carbocycles. The van der Waals surface area contributed by atoms with Crippen LogP contribution in [0.3, 0.4) is 0 Å². The van der Waals surface area contributed by atoms with Crippen LogP contribution in [-0.4, -0.2) is 30.6 Å². The molecule has 0 bridgehead atoms. The molecule has 8 heteroatoms. The van der Waals surface area contributed by atoms with Crippen molar-refractivity contribution in [1.82, 2.24) is 5.32 Å². The summed E-state index contributed by atoms with van der Waals surface area (Å²) in [5, 5.41) is 14.4. The molecule has 1 unspecified atom stereocenters. The van der Waals surface area contributed by atoms with Gasteiger partial charge in [0.15, 0.2) is 0 Å². The van der Waals surface area contributed by atoms with Crippen LogP contribution in [0.5, 0.6) is 0 Å². The number of carbonyl (C=O) groups is 2. The fourth-order valence-corrected chi connectivity index (χ4v) is 3.76. The number of carbonyl (C=O) groups excluding carboxylic acids is 2. The molecule has 166 valence electrons. The number of nitro groups is 1. The van der Waals surface area contributed by atoms with Gasteiger partial charge in [0, 0.05) is 17.8 Å². The predicted molar refractivity (Wildman–Crippen MR) is 118 cm³/mol. The highest BCUT2D eigenvalue weighted by Crippen LogP contribution is 2.42. The van der Waals surface area contributed by atoms with E-state index in [1.807, 2.05) is 37.3 Å². The van der Waals surface area contributed by atoms with Crippen molar-refractivity contribution >= 4 is 23.3 Å². The van der Waals surface area contributed by atoms with Crippen LogP contribution < -0.4 is 5.32 Å². The summed E-state index contributed by atoms with van der Waals surface area (Å²) in [6.07, 6.45) is 0.473. The summed E-state index contributed by atoms with van der Waals surface area (Å²) in [6.45, 7) is 3.73. The highest BCUT2D eigenvalue weighted by molar-refractivity contribution is 6.05. The molecule has 2 aromatic rings. The molecule has 0 fully saturated rings. The Morgan fingerprint density at radius 2 is 1.66 bits per heavy atom. The van der Waals surface area contributed by atoms with E-state index < -0.39 is 22.8 Å². The van der Waals surface area contributed by atoms with Crippen molar-refractivity contribution in [3.8, 4) is 0 Å². The minimum absolute atomic E-state index is 0.0908. The number of allylic oxidation sites excluding steroid dienone is 1. The highest BCUT2D eigenvalue weighted by atomic mass is 16.6. The summed E-state index contributed by atoms with van der Waals surface area (Å²) < 4.78 is 10.4. The largest absolute Gasteiger partial charge is 0.466 e. The van der Waals surface area contributed by atoms with Gasteiger partial charge in [-0.3, -0.25) is 10.1 Å². The smallest absolute Gasteiger partial charge is 0.337 e. The van der Waals surface area contributed by atoms with Crippen molar-refractivity contribution in [3.05, 3.63) is 92.7 Å². The number of esters is 2. The first kappa shape index (κ1) is 22.7. The van der Waals surface area contributed by atoms with Crippen LogP contribution in [0.2, 0.25) is 0 Å². The van der Waals surface area contributed by atoms with E-state index in [4.69, 9.17) is 9.47 Å². The molecule has 2 aromatic carbocycles. The molecule has 32 heavy (non-hydrogen) atoms. The lowest BCUT2D eigenvalue weighted by atomic mass is 9.78. The zero-order valence-corrected chi connectivity index (χ0v) is 18.1. The average Bonchev–Trinajstić information content (AvgIpc) is 2.82. The number of nitrogens with zero attached hydrogens (tertiary/aromatic N) is 1. The molecule has 0 radical (unpaired) electrons. The number of dihydropyridines is 1. The number of methoxy groups -OCH3 is 1. The first-order valence-corrected chi connectivity index (χ1v) is 10.2. The summed E-state index contributed by atoms with van der Waals surface area (Å²) in [5.74, 6) is -2.00. The quantitative estimate of drug-likeness (QED) is 0.396. The molecular formula is C24H24N2O6. The Labute approximate surface area is 185 Å². The summed E-state index contributed by atoms with van der Waals surface area (Å²) >= 11 is 0. The third-order valence-corrected chi connectivity index (χ3v) is 5.20. The molecule has 1 aliphatic rings. The van der Waals surface area contributed by atoms with E-state index in [0.717, 1.165) is 5.56 Å². The molecule has 1 atom stereocenters. The first-order valence-electron chi connectivity index (χ1n) is 10.2. The topological polar surface area (TPSA) is 108 Å². The van der Waals surface area contributed by atoms with E-state index in [1.54, 1.807) is 19.1 Å². The van der Waals surface area contributed by atoms with E-state index in [2.05, 4.69) is 5.32 Å². The minimum Gasteiger partial charge on any atom is -0.466 e. The second-order valence-corrected chi connectivity index (χ2v) is 7.02. The van der Waals surface area contributed by atoms with Gasteiger partial charge in [-0.2, -0.15) is 0 Å². The van der Waals surface area contributed by atoms with Crippen molar-refractivity contribution < 1.29 is 24.0 Å². The van der Waals surface area contributed by atoms with Gasteiger partial charge in [-0.05, 0) is 24.5 Å². The van der Waals surface area contributed by atoms with Crippen LogP contribution in [0.1, 0.15) is 37.3 Å². The summed E-state index contributed by atoms with van der Waals surface area (Å²) in [7, 11) is 1.27. The van der Waals surface area contributed by atoms with Crippen molar-refractivity contribution in [2.24, 2.45) is 0 Å². The third-order valence-electron chi connectivity index (χ3n) is 5.20. The van der Waals surface area contributed by atoms with Gasteiger partial charge in [-0.1, -0.05) is 49.4 Å². The normalized spacial score (nSPS) is 15.8. The van der Waals surface area contributed by atoms with Crippen molar-refractivity contribution in [2.75, 3.05) is 13.7 Å². The maximum atomic E-state index is 13.2. The molecule has 0 spiro atoms. The monoisotopic (exact) mass is 436 g/mol. The molecule has 1 heterocycles. The van der Waals surface area contributed by atoms with E-state index in [0.29, 0.717) is 23.4 Å². The van der Waals surface area contributed by atoms with Gasteiger partial charge in [0.05, 0.1) is 41.4 Å². The maximum Gasteiger partial charge on any atom is 0.337 e. The summed E-state index contributed by atoms with van der Waals surface area (Å²) in [4.78, 5) is 36.7. The molecule has 1 N–H and O–H groups in total. The Kier molecular flexibility index (Phi) is 7.04. The number of rotatable bonds is 7.